The first kappa shape index (κ1) is 21.1. The van der Waals surface area contributed by atoms with Crippen LogP contribution >= 0.6 is 0 Å². The Kier molecular flexibility index (Phi) is 6.10. The van der Waals surface area contributed by atoms with Crippen LogP contribution < -0.4 is 9.46 Å². The first-order chi connectivity index (χ1) is 15.0. The van der Waals surface area contributed by atoms with E-state index in [0.29, 0.717) is 31.1 Å². The van der Waals surface area contributed by atoms with Crippen LogP contribution in [0, 0.1) is 0 Å². The van der Waals surface area contributed by atoms with Crippen LogP contribution in [0.4, 0.5) is 0 Å². The minimum absolute atomic E-state index is 0.0362. The third kappa shape index (κ3) is 4.80. The van der Waals surface area contributed by atoms with Crippen molar-refractivity contribution in [2.45, 2.75) is 24.2 Å². The second-order valence-electron chi connectivity index (χ2n) is 7.27. The molecule has 2 N–H and O–H groups in total. The Morgan fingerprint density at radius 2 is 2.00 bits per heavy atom. The number of amides is 1. The van der Waals surface area contributed by atoms with Gasteiger partial charge in [-0.3, -0.25) is 4.79 Å². The van der Waals surface area contributed by atoms with Crippen molar-refractivity contribution < 1.29 is 22.4 Å². The van der Waals surface area contributed by atoms with Crippen molar-refractivity contribution in [2.75, 3.05) is 26.7 Å². The zero-order valence-corrected chi connectivity index (χ0v) is 17.9. The van der Waals surface area contributed by atoms with Crippen LogP contribution in [-0.4, -0.2) is 55.9 Å². The second kappa shape index (κ2) is 8.94. The quantitative estimate of drug-likeness (QED) is 0.551. The fourth-order valence-electron chi connectivity index (χ4n) is 3.43. The summed E-state index contributed by atoms with van der Waals surface area (Å²) < 4.78 is 38.3. The smallest absolute Gasteiger partial charge is 0.270 e. The molecule has 4 rings (SSSR count). The molecular weight excluding hydrogens is 420 g/mol. The molecule has 2 aromatic heterocycles. The molecule has 3 heterocycles. The number of oxazole rings is 1. The van der Waals surface area contributed by atoms with Gasteiger partial charge in [-0.05, 0) is 43.2 Å². The average Bonchev–Trinajstić information content (AvgIpc) is 3.55. The molecular formula is C21H24N4O5S. The summed E-state index contributed by atoms with van der Waals surface area (Å²) in [5.74, 6) is 1.02. The van der Waals surface area contributed by atoms with Gasteiger partial charge in [-0.1, -0.05) is 0 Å². The Morgan fingerprint density at radius 3 is 2.71 bits per heavy atom. The molecule has 0 spiro atoms. The molecule has 0 atom stereocenters. The van der Waals surface area contributed by atoms with Crippen LogP contribution in [0.1, 0.15) is 29.0 Å². The van der Waals surface area contributed by atoms with Crippen LogP contribution in [0.3, 0.4) is 0 Å². The Balaban J connectivity index is 1.34. The molecule has 0 bridgehead atoms. The number of hydrogen-bond acceptors (Lipinski definition) is 6. The lowest BCUT2D eigenvalue weighted by atomic mass is 10.2. The van der Waals surface area contributed by atoms with Crippen LogP contribution in [0.15, 0.2) is 52.1 Å². The van der Waals surface area contributed by atoms with Crippen LogP contribution in [0.25, 0.3) is 11.5 Å². The van der Waals surface area contributed by atoms with Gasteiger partial charge in [0.25, 0.3) is 5.91 Å². The van der Waals surface area contributed by atoms with Gasteiger partial charge in [-0.25, -0.2) is 18.1 Å². The Morgan fingerprint density at radius 1 is 1.26 bits per heavy atom. The molecule has 9 nitrogen and oxygen atoms in total. The van der Waals surface area contributed by atoms with E-state index in [4.69, 9.17) is 9.15 Å². The van der Waals surface area contributed by atoms with E-state index in [9.17, 15) is 13.2 Å². The highest BCUT2D eigenvalue weighted by molar-refractivity contribution is 7.89. The lowest BCUT2D eigenvalue weighted by molar-refractivity contribution is 0.0787. The molecule has 0 radical (unpaired) electrons. The summed E-state index contributed by atoms with van der Waals surface area (Å²) in [6.45, 7) is 1.56. The number of aromatic nitrogens is 2. The van der Waals surface area contributed by atoms with Crippen LogP contribution in [-0.2, 0) is 16.4 Å². The van der Waals surface area contributed by atoms with Gasteiger partial charge in [0, 0.05) is 37.8 Å². The lowest BCUT2D eigenvalue weighted by Gasteiger charge is -2.13. The van der Waals surface area contributed by atoms with Crippen molar-refractivity contribution in [3.8, 4) is 17.2 Å². The van der Waals surface area contributed by atoms with E-state index in [1.165, 1.54) is 18.5 Å². The van der Waals surface area contributed by atoms with Crippen molar-refractivity contribution in [1.29, 1.82) is 0 Å². The largest absolute Gasteiger partial charge is 0.497 e. The van der Waals surface area contributed by atoms with Gasteiger partial charge in [-0.15, -0.1) is 0 Å². The van der Waals surface area contributed by atoms with Gasteiger partial charge in [-0.2, -0.15) is 0 Å². The average molecular weight is 445 g/mol. The van der Waals surface area contributed by atoms with E-state index in [0.717, 1.165) is 24.2 Å². The third-order valence-electron chi connectivity index (χ3n) is 5.15. The van der Waals surface area contributed by atoms with Crippen molar-refractivity contribution in [3.05, 3.63) is 54.2 Å². The van der Waals surface area contributed by atoms with Gasteiger partial charge < -0.3 is 19.0 Å². The van der Waals surface area contributed by atoms with Gasteiger partial charge in [0.2, 0.25) is 15.9 Å². The Hall–Kier alpha value is -3.11. The molecule has 164 valence electrons. The summed E-state index contributed by atoms with van der Waals surface area (Å²) >= 11 is 0. The van der Waals surface area contributed by atoms with E-state index in [1.807, 2.05) is 24.3 Å². The highest BCUT2D eigenvalue weighted by Gasteiger charge is 2.23. The van der Waals surface area contributed by atoms with E-state index in [2.05, 4.69) is 14.7 Å². The van der Waals surface area contributed by atoms with Gasteiger partial charge in [0.05, 0.1) is 12.8 Å². The number of ether oxygens (including phenoxy) is 1. The molecule has 1 aliphatic rings. The number of benzene rings is 1. The summed E-state index contributed by atoms with van der Waals surface area (Å²) in [4.78, 5) is 21.3. The molecule has 3 aromatic rings. The number of carbonyl (C=O) groups is 1. The van der Waals surface area contributed by atoms with Crippen LogP contribution in [0.5, 0.6) is 5.75 Å². The molecule has 10 heteroatoms. The lowest BCUT2D eigenvalue weighted by Crippen LogP contribution is -2.28. The summed E-state index contributed by atoms with van der Waals surface area (Å²) in [6.07, 6.45) is 5.16. The second-order valence-corrected chi connectivity index (χ2v) is 9.04. The normalized spacial score (nSPS) is 14.2. The Labute approximate surface area is 180 Å². The first-order valence-corrected chi connectivity index (χ1v) is 11.5. The maximum absolute atomic E-state index is 12.6. The number of rotatable bonds is 8. The van der Waals surface area contributed by atoms with Crippen molar-refractivity contribution in [1.82, 2.24) is 19.6 Å². The predicted octanol–water partition coefficient (Wildman–Crippen LogP) is 2.44. The summed E-state index contributed by atoms with van der Waals surface area (Å²) in [7, 11) is -2.15. The number of hydrogen-bond donors (Lipinski definition) is 2. The van der Waals surface area contributed by atoms with Crippen molar-refractivity contribution in [3.63, 3.8) is 0 Å². The number of nitrogens with one attached hydrogen (secondary N) is 2. The fourth-order valence-corrected chi connectivity index (χ4v) is 4.45. The number of H-pyrrole nitrogens is 1. The van der Waals surface area contributed by atoms with E-state index < -0.39 is 10.0 Å². The standard InChI is InChI=1S/C21H24N4O5S/c1-29-17-6-4-15(5-7-17)20-24-16(14-30-20)8-9-23-31(27,28)18-12-19(22-13-18)21(26)25-10-2-3-11-25/h4-7,12-14,22-23H,2-3,8-11H2,1H3. The number of likely N-dealkylation sites (tertiary alicyclic amines) is 1. The van der Waals surface area contributed by atoms with Gasteiger partial charge in [0.15, 0.2) is 0 Å². The molecule has 1 amide bonds. The zero-order chi connectivity index (χ0) is 21.8. The van der Waals surface area contributed by atoms with E-state index >= 15 is 0 Å². The predicted molar refractivity (Wildman–Crippen MR) is 113 cm³/mol. The molecule has 0 aliphatic carbocycles. The van der Waals surface area contributed by atoms with Crippen molar-refractivity contribution in [2.24, 2.45) is 0 Å². The number of nitrogens with zero attached hydrogens (tertiary/aromatic N) is 2. The van der Waals surface area contributed by atoms with Crippen LogP contribution in [0.2, 0.25) is 0 Å². The van der Waals surface area contributed by atoms with E-state index in [-0.39, 0.29) is 23.0 Å². The zero-order valence-electron chi connectivity index (χ0n) is 17.1. The summed E-state index contributed by atoms with van der Waals surface area (Å²) in [5.41, 5.74) is 1.71. The Bertz CT molecular complexity index is 1140. The highest BCUT2D eigenvalue weighted by Crippen LogP contribution is 2.22. The fraction of sp³-hybridized carbons (Fsp3) is 0.333. The maximum Gasteiger partial charge on any atom is 0.270 e. The third-order valence-corrected chi connectivity index (χ3v) is 6.59. The minimum Gasteiger partial charge on any atom is -0.497 e. The SMILES string of the molecule is COc1ccc(-c2nc(CCNS(=O)(=O)c3c[nH]c(C(=O)N4CCCC4)c3)co2)cc1. The molecule has 0 unspecified atom stereocenters. The number of aromatic amines is 1. The molecule has 1 saturated heterocycles. The summed E-state index contributed by atoms with van der Waals surface area (Å²) in [5, 5.41) is 0. The molecule has 0 saturated carbocycles. The van der Waals surface area contributed by atoms with E-state index in [1.54, 1.807) is 12.0 Å². The highest BCUT2D eigenvalue weighted by atomic mass is 32.2. The molecule has 1 fully saturated rings. The topological polar surface area (TPSA) is 118 Å². The molecule has 1 aromatic carbocycles. The minimum atomic E-state index is -3.74. The summed E-state index contributed by atoms with van der Waals surface area (Å²) in [6, 6.07) is 8.68. The monoisotopic (exact) mass is 444 g/mol. The maximum atomic E-state index is 12.6. The van der Waals surface area contributed by atoms with Crippen molar-refractivity contribution >= 4 is 15.9 Å². The number of carbonyl (C=O) groups excluding carboxylic acids is 1. The van der Waals surface area contributed by atoms with Gasteiger partial charge in [0.1, 0.15) is 22.6 Å². The first-order valence-electron chi connectivity index (χ1n) is 10.0. The molecule has 31 heavy (non-hydrogen) atoms. The number of sulfonamides is 1. The van der Waals surface area contributed by atoms with Gasteiger partial charge >= 0.3 is 0 Å². The number of methoxy groups -OCH3 is 1. The molecule has 1 aliphatic heterocycles.